The average Bonchev–Trinajstić information content (AvgIpc) is 3.28. The molecule has 2 heterocycles. The predicted octanol–water partition coefficient (Wildman–Crippen LogP) is 4.81. The largest absolute Gasteiger partial charge is 0.454 e. The van der Waals surface area contributed by atoms with Gasteiger partial charge in [-0.2, -0.15) is 0 Å². The van der Waals surface area contributed by atoms with Crippen molar-refractivity contribution in [3.8, 4) is 17.2 Å². The van der Waals surface area contributed by atoms with E-state index in [-0.39, 0.29) is 24.0 Å². The molecule has 33 heavy (non-hydrogen) atoms. The van der Waals surface area contributed by atoms with E-state index >= 15 is 0 Å². The highest BCUT2D eigenvalue weighted by molar-refractivity contribution is 7.99. The second-order valence-electron chi connectivity index (χ2n) is 7.39. The Morgan fingerprint density at radius 3 is 2.79 bits per heavy atom. The molecule has 0 aliphatic carbocycles. The van der Waals surface area contributed by atoms with Gasteiger partial charge in [-0.25, -0.2) is 4.98 Å². The molecule has 0 radical (unpaired) electrons. The Balaban J connectivity index is 1.45. The summed E-state index contributed by atoms with van der Waals surface area (Å²) in [5.74, 6) is 1.04. The third-order valence-electron chi connectivity index (χ3n) is 5.15. The molecule has 0 fully saturated rings. The summed E-state index contributed by atoms with van der Waals surface area (Å²) in [6.45, 7) is 2.06. The van der Waals surface area contributed by atoms with Crippen LogP contribution in [0.4, 0.5) is 5.69 Å². The molecule has 4 aromatic rings. The van der Waals surface area contributed by atoms with Crippen LogP contribution >= 0.6 is 23.4 Å². The Kier molecular flexibility index (Phi) is 5.70. The maximum Gasteiger partial charge on any atom is 0.266 e. The third-order valence-corrected chi connectivity index (χ3v) is 6.49. The van der Waals surface area contributed by atoms with Crippen molar-refractivity contribution >= 4 is 45.9 Å². The van der Waals surface area contributed by atoms with Crippen LogP contribution in [-0.2, 0) is 4.79 Å². The summed E-state index contributed by atoms with van der Waals surface area (Å²) in [7, 11) is 0. The number of thioether (sulfide) groups is 1. The number of fused-ring (bicyclic) bond motifs is 2. The third kappa shape index (κ3) is 4.27. The molecule has 1 aliphatic rings. The van der Waals surface area contributed by atoms with Gasteiger partial charge in [-0.3, -0.25) is 14.2 Å². The van der Waals surface area contributed by atoms with E-state index in [0.717, 1.165) is 5.56 Å². The maximum atomic E-state index is 13.3. The molecule has 5 rings (SSSR count). The zero-order valence-corrected chi connectivity index (χ0v) is 19.1. The molecule has 1 amide bonds. The van der Waals surface area contributed by atoms with Gasteiger partial charge in [-0.15, -0.1) is 0 Å². The lowest BCUT2D eigenvalue weighted by Gasteiger charge is -2.14. The van der Waals surface area contributed by atoms with Gasteiger partial charge < -0.3 is 14.8 Å². The van der Waals surface area contributed by atoms with E-state index in [1.165, 1.54) is 16.3 Å². The number of carbonyl (C=O) groups excluding carboxylic acids is 1. The number of anilines is 1. The molecular formula is C24H18ClN3O4S. The molecule has 0 saturated carbocycles. The number of amides is 1. The molecule has 0 unspecified atom stereocenters. The minimum Gasteiger partial charge on any atom is -0.454 e. The number of hydrogen-bond acceptors (Lipinski definition) is 6. The van der Waals surface area contributed by atoms with Crippen molar-refractivity contribution in [1.29, 1.82) is 0 Å². The Morgan fingerprint density at radius 2 is 1.94 bits per heavy atom. The van der Waals surface area contributed by atoms with Crippen LogP contribution in [0.2, 0.25) is 5.02 Å². The molecular weight excluding hydrogens is 462 g/mol. The van der Waals surface area contributed by atoms with Gasteiger partial charge >= 0.3 is 0 Å². The van der Waals surface area contributed by atoms with Gasteiger partial charge in [0.2, 0.25) is 12.7 Å². The van der Waals surface area contributed by atoms with E-state index in [2.05, 4.69) is 10.3 Å². The first-order valence-electron chi connectivity index (χ1n) is 10.1. The number of benzene rings is 3. The maximum absolute atomic E-state index is 13.3. The first-order chi connectivity index (χ1) is 16.0. The highest BCUT2D eigenvalue weighted by atomic mass is 35.5. The van der Waals surface area contributed by atoms with Gasteiger partial charge in [-0.05, 0) is 48.9 Å². The number of hydrogen-bond donors (Lipinski definition) is 1. The molecule has 7 nitrogen and oxygen atoms in total. The predicted molar refractivity (Wildman–Crippen MR) is 129 cm³/mol. The topological polar surface area (TPSA) is 82.5 Å². The lowest BCUT2D eigenvalue weighted by atomic mass is 10.2. The van der Waals surface area contributed by atoms with E-state index in [4.69, 9.17) is 21.1 Å². The Labute approximate surface area is 198 Å². The summed E-state index contributed by atoms with van der Waals surface area (Å²) >= 11 is 7.49. The number of aromatic nitrogens is 2. The van der Waals surface area contributed by atoms with E-state index in [0.29, 0.717) is 44.0 Å². The lowest BCUT2D eigenvalue weighted by Crippen LogP contribution is -2.23. The number of nitrogens with one attached hydrogen (secondary N) is 1. The minimum atomic E-state index is -0.241. The summed E-state index contributed by atoms with van der Waals surface area (Å²) in [5, 5.41) is 4.27. The number of rotatable bonds is 5. The number of ether oxygens (including phenoxy) is 2. The van der Waals surface area contributed by atoms with Crippen molar-refractivity contribution in [2.24, 2.45) is 0 Å². The van der Waals surface area contributed by atoms with Crippen molar-refractivity contribution in [2.45, 2.75) is 12.1 Å². The zero-order valence-electron chi connectivity index (χ0n) is 17.5. The van der Waals surface area contributed by atoms with Crippen LogP contribution in [0.25, 0.3) is 16.6 Å². The SMILES string of the molecule is Cc1ccc(-n2c(SCC(=O)Nc3ccc4c(c3)OCO4)nc3ccccc3c2=O)cc1Cl. The Morgan fingerprint density at radius 1 is 1.12 bits per heavy atom. The standard InChI is InChI=1S/C24H18ClN3O4S/c1-14-6-8-16(11-18(14)25)28-23(30)17-4-2-3-5-19(17)27-24(28)33-12-22(29)26-15-7-9-20-21(10-15)32-13-31-20/h2-11H,12-13H2,1H3,(H,26,29). The van der Waals surface area contributed by atoms with Crippen LogP contribution in [0, 0.1) is 6.92 Å². The molecule has 3 aromatic carbocycles. The quantitative estimate of drug-likeness (QED) is 0.327. The van der Waals surface area contributed by atoms with Gasteiger partial charge in [0, 0.05) is 16.8 Å². The lowest BCUT2D eigenvalue weighted by molar-refractivity contribution is -0.113. The zero-order chi connectivity index (χ0) is 22.9. The van der Waals surface area contributed by atoms with E-state index in [9.17, 15) is 9.59 Å². The second kappa shape index (κ2) is 8.80. The summed E-state index contributed by atoms with van der Waals surface area (Å²) in [6.07, 6.45) is 0. The highest BCUT2D eigenvalue weighted by Gasteiger charge is 2.17. The molecule has 1 aromatic heterocycles. The van der Waals surface area contributed by atoms with Gasteiger partial charge in [-0.1, -0.05) is 41.6 Å². The molecule has 9 heteroatoms. The van der Waals surface area contributed by atoms with E-state index < -0.39 is 0 Å². The fraction of sp³-hybridized carbons (Fsp3) is 0.125. The van der Waals surface area contributed by atoms with Crippen molar-refractivity contribution in [3.05, 3.63) is 81.6 Å². The first kappa shape index (κ1) is 21.4. The second-order valence-corrected chi connectivity index (χ2v) is 8.74. The fourth-order valence-corrected chi connectivity index (χ4v) is 4.45. The molecule has 0 bridgehead atoms. The van der Waals surface area contributed by atoms with E-state index in [1.54, 1.807) is 42.5 Å². The highest BCUT2D eigenvalue weighted by Crippen LogP contribution is 2.34. The molecule has 1 aliphatic heterocycles. The monoisotopic (exact) mass is 479 g/mol. The van der Waals surface area contributed by atoms with Crippen LogP contribution in [-0.4, -0.2) is 28.0 Å². The first-order valence-corrected chi connectivity index (χ1v) is 11.5. The number of para-hydroxylation sites is 1. The van der Waals surface area contributed by atoms with Crippen LogP contribution < -0.4 is 20.3 Å². The number of carbonyl (C=O) groups is 1. The van der Waals surface area contributed by atoms with Crippen molar-refractivity contribution in [3.63, 3.8) is 0 Å². The van der Waals surface area contributed by atoms with Gasteiger partial charge in [0.25, 0.3) is 5.56 Å². The van der Waals surface area contributed by atoms with Crippen LogP contribution in [0.15, 0.2) is 70.6 Å². The van der Waals surface area contributed by atoms with Crippen molar-refractivity contribution < 1.29 is 14.3 Å². The van der Waals surface area contributed by atoms with Gasteiger partial charge in [0.15, 0.2) is 16.7 Å². The average molecular weight is 480 g/mol. The molecule has 0 saturated heterocycles. The Hall–Kier alpha value is -3.49. The minimum absolute atomic E-state index is 0.0544. The molecule has 0 spiro atoms. The fourth-order valence-electron chi connectivity index (χ4n) is 3.46. The summed E-state index contributed by atoms with van der Waals surface area (Å²) in [6, 6.07) is 17.7. The Bertz CT molecular complexity index is 1450. The molecule has 166 valence electrons. The smallest absolute Gasteiger partial charge is 0.266 e. The number of halogens is 1. The van der Waals surface area contributed by atoms with Gasteiger partial charge in [0.1, 0.15) is 0 Å². The summed E-state index contributed by atoms with van der Waals surface area (Å²) in [4.78, 5) is 30.6. The molecule has 1 N–H and O–H groups in total. The van der Waals surface area contributed by atoms with Gasteiger partial charge in [0.05, 0.1) is 22.3 Å². The molecule has 0 atom stereocenters. The number of aryl methyl sites for hydroxylation is 1. The van der Waals surface area contributed by atoms with Crippen molar-refractivity contribution in [1.82, 2.24) is 9.55 Å². The van der Waals surface area contributed by atoms with Crippen LogP contribution in [0.5, 0.6) is 11.5 Å². The normalized spacial score (nSPS) is 12.2. The van der Waals surface area contributed by atoms with Crippen LogP contribution in [0.3, 0.4) is 0 Å². The van der Waals surface area contributed by atoms with Crippen molar-refractivity contribution in [2.75, 3.05) is 17.9 Å². The summed E-state index contributed by atoms with van der Waals surface area (Å²) < 4.78 is 12.1. The summed E-state index contributed by atoms with van der Waals surface area (Å²) in [5.41, 5.74) is 2.43. The number of nitrogens with zero attached hydrogens (tertiary/aromatic N) is 2. The van der Waals surface area contributed by atoms with E-state index in [1.807, 2.05) is 25.1 Å². The van der Waals surface area contributed by atoms with Crippen LogP contribution in [0.1, 0.15) is 5.56 Å².